The number of methoxy groups -OCH3 is 1. The average molecular weight is 455 g/mol. The lowest BCUT2D eigenvalue weighted by atomic mass is 9.53. The molecule has 0 amide bonds. The van der Waals surface area contributed by atoms with Gasteiger partial charge in [0.1, 0.15) is 5.60 Å². The van der Waals surface area contributed by atoms with Crippen LogP contribution in [0.3, 0.4) is 0 Å². The molecule has 30 heavy (non-hydrogen) atoms. The number of thioether (sulfide) groups is 1. The third-order valence-corrected chi connectivity index (χ3v) is 8.12. The second-order valence-electron chi connectivity index (χ2n) is 9.23. The number of halogens is 1. The van der Waals surface area contributed by atoms with E-state index in [0.717, 1.165) is 12.0 Å². The normalized spacial score (nSPS) is 38.3. The molecular weight excluding hydrogens is 420 g/mol. The summed E-state index contributed by atoms with van der Waals surface area (Å²) < 4.78 is 12.3. The molecule has 0 bridgehead atoms. The molecule has 0 spiro atoms. The summed E-state index contributed by atoms with van der Waals surface area (Å²) in [6.07, 6.45) is 5.29. The van der Waals surface area contributed by atoms with Gasteiger partial charge < -0.3 is 19.7 Å². The lowest BCUT2D eigenvalue weighted by molar-refractivity contribution is -0.229. The van der Waals surface area contributed by atoms with Crippen molar-refractivity contribution in [3.8, 4) is 0 Å². The molecule has 1 saturated heterocycles. The Labute approximate surface area is 190 Å². The summed E-state index contributed by atoms with van der Waals surface area (Å²) in [6.45, 7) is 6.25. The van der Waals surface area contributed by atoms with E-state index in [1.54, 1.807) is 18.9 Å². The van der Waals surface area contributed by atoms with Gasteiger partial charge in [-0.3, -0.25) is 0 Å². The van der Waals surface area contributed by atoms with Gasteiger partial charge in [0.05, 0.1) is 29.3 Å². The van der Waals surface area contributed by atoms with Gasteiger partial charge in [-0.05, 0) is 64.0 Å². The summed E-state index contributed by atoms with van der Waals surface area (Å²) in [4.78, 5) is 0. The highest BCUT2D eigenvalue weighted by Crippen LogP contribution is 2.64. The highest BCUT2D eigenvalue weighted by Gasteiger charge is 2.76. The number of hydrogen-bond acceptors (Lipinski definition) is 5. The molecule has 6 heteroatoms. The predicted octanol–water partition coefficient (Wildman–Crippen LogP) is 4.65. The van der Waals surface area contributed by atoms with E-state index in [-0.39, 0.29) is 6.10 Å². The van der Waals surface area contributed by atoms with E-state index in [1.165, 1.54) is 5.57 Å². The maximum atomic E-state index is 12.3. The fourth-order valence-corrected chi connectivity index (χ4v) is 6.80. The zero-order chi connectivity index (χ0) is 22.2. The van der Waals surface area contributed by atoms with Gasteiger partial charge in [0.2, 0.25) is 0 Å². The van der Waals surface area contributed by atoms with Gasteiger partial charge in [0.25, 0.3) is 0 Å². The first kappa shape index (κ1) is 24.1. The molecule has 1 aliphatic carbocycles. The van der Waals surface area contributed by atoms with E-state index in [2.05, 4.69) is 26.8 Å². The van der Waals surface area contributed by atoms with Gasteiger partial charge in [-0.2, -0.15) is 11.8 Å². The van der Waals surface area contributed by atoms with E-state index in [9.17, 15) is 10.2 Å². The van der Waals surface area contributed by atoms with Crippen molar-refractivity contribution >= 4 is 23.4 Å². The highest BCUT2D eigenvalue weighted by molar-refractivity contribution is 7.98. The number of rotatable bonds is 8. The van der Waals surface area contributed by atoms with Crippen molar-refractivity contribution in [3.63, 3.8) is 0 Å². The maximum Gasteiger partial charge on any atom is 0.104 e. The summed E-state index contributed by atoms with van der Waals surface area (Å²) >= 11 is 7.75. The Morgan fingerprint density at radius 2 is 2.00 bits per heavy atom. The predicted molar refractivity (Wildman–Crippen MR) is 124 cm³/mol. The monoisotopic (exact) mass is 454 g/mol. The van der Waals surface area contributed by atoms with Crippen molar-refractivity contribution in [1.29, 1.82) is 0 Å². The molecular formula is C24H35ClO4S. The lowest BCUT2D eigenvalue weighted by Gasteiger charge is -2.58. The van der Waals surface area contributed by atoms with Gasteiger partial charge in [0.15, 0.2) is 0 Å². The van der Waals surface area contributed by atoms with Gasteiger partial charge in [-0.1, -0.05) is 35.4 Å². The molecule has 4 nitrogen and oxygen atoms in total. The zero-order valence-corrected chi connectivity index (χ0v) is 20.2. The Bertz CT molecular complexity index is 765. The molecule has 6 atom stereocenters. The summed E-state index contributed by atoms with van der Waals surface area (Å²) in [5.74, 6) is 0.633. The first-order chi connectivity index (χ1) is 14.1. The Balaban J connectivity index is 2.06. The molecule has 2 N–H and O–H groups in total. The van der Waals surface area contributed by atoms with Crippen LogP contribution in [0.1, 0.15) is 45.6 Å². The summed E-state index contributed by atoms with van der Waals surface area (Å²) in [6, 6.07) is 7.64. The number of ether oxygens (including phenoxy) is 2. The Morgan fingerprint density at radius 3 is 2.57 bits per heavy atom. The third kappa shape index (κ3) is 4.10. The standard InChI is InChI=1S/C24H35ClO4S/c1-16(2)6-11-20-22(3,29-20)24(15-30-5)21(28-4)19(26)12-13-23(24,27)14-17-7-9-18(25)10-8-17/h6-10,19-21,26-27H,11-15H2,1-5H3. The largest absolute Gasteiger partial charge is 0.390 e. The first-order valence-electron chi connectivity index (χ1n) is 10.6. The van der Waals surface area contributed by atoms with Crippen LogP contribution in [0.5, 0.6) is 0 Å². The van der Waals surface area contributed by atoms with Gasteiger partial charge in [-0.15, -0.1) is 0 Å². The quantitative estimate of drug-likeness (QED) is 0.442. The second-order valence-corrected chi connectivity index (χ2v) is 10.5. The molecule has 168 valence electrons. The molecule has 1 aliphatic heterocycles. The number of aliphatic hydroxyl groups excluding tert-OH is 1. The Morgan fingerprint density at radius 1 is 1.33 bits per heavy atom. The number of benzene rings is 1. The van der Waals surface area contributed by atoms with Gasteiger partial charge in [0, 0.05) is 24.3 Å². The minimum absolute atomic E-state index is 0.0146. The van der Waals surface area contributed by atoms with Crippen molar-refractivity contribution in [3.05, 3.63) is 46.5 Å². The van der Waals surface area contributed by atoms with Crippen LogP contribution in [0.25, 0.3) is 0 Å². The van der Waals surface area contributed by atoms with Crippen LogP contribution in [0, 0.1) is 5.41 Å². The van der Waals surface area contributed by atoms with Crippen molar-refractivity contribution < 1.29 is 19.7 Å². The van der Waals surface area contributed by atoms with Crippen LogP contribution >= 0.6 is 23.4 Å². The van der Waals surface area contributed by atoms with Crippen LogP contribution in [-0.2, 0) is 15.9 Å². The third-order valence-electron chi connectivity index (χ3n) is 7.13. The Kier molecular flexibility index (Phi) is 7.33. The molecule has 1 heterocycles. The first-order valence-corrected chi connectivity index (χ1v) is 12.4. The summed E-state index contributed by atoms with van der Waals surface area (Å²) in [5, 5.41) is 23.9. The summed E-state index contributed by atoms with van der Waals surface area (Å²) in [7, 11) is 1.63. The van der Waals surface area contributed by atoms with Crippen molar-refractivity contribution in [2.45, 2.75) is 76.0 Å². The summed E-state index contributed by atoms with van der Waals surface area (Å²) in [5.41, 5.74) is -0.173. The lowest BCUT2D eigenvalue weighted by Crippen LogP contribution is -2.70. The highest BCUT2D eigenvalue weighted by atomic mass is 35.5. The number of hydrogen-bond donors (Lipinski definition) is 2. The molecule has 2 fully saturated rings. The van der Waals surface area contributed by atoms with Crippen LogP contribution in [0.2, 0.25) is 5.02 Å². The smallest absolute Gasteiger partial charge is 0.104 e. The molecule has 2 aliphatic rings. The van der Waals surface area contributed by atoms with Crippen LogP contribution in [0.15, 0.2) is 35.9 Å². The topological polar surface area (TPSA) is 62.2 Å². The van der Waals surface area contributed by atoms with Crippen molar-refractivity contribution in [2.75, 3.05) is 19.1 Å². The molecule has 6 unspecified atom stereocenters. The molecule has 1 aromatic carbocycles. The molecule has 1 aromatic rings. The van der Waals surface area contributed by atoms with E-state index in [0.29, 0.717) is 30.0 Å². The second kappa shape index (κ2) is 9.13. The zero-order valence-electron chi connectivity index (χ0n) is 18.7. The van der Waals surface area contributed by atoms with E-state index in [1.807, 2.05) is 30.5 Å². The van der Waals surface area contributed by atoms with E-state index in [4.69, 9.17) is 21.1 Å². The molecule has 3 rings (SSSR count). The minimum Gasteiger partial charge on any atom is -0.390 e. The van der Waals surface area contributed by atoms with Gasteiger partial charge in [-0.25, -0.2) is 0 Å². The van der Waals surface area contributed by atoms with Crippen molar-refractivity contribution in [2.24, 2.45) is 5.41 Å². The SMILES string of the molecule is COC1C(O)CCC(O)(Cc2ccc(Cl)cc2)C1(CSC)C1(C)OC1CC=C(C)C. The van der Waals surface area contributed by atoms with E-state index >= 15 is 0 Å². The van der Waals surface area contributed by atoms with Crippen LogP contribution in [-0.4, -0.2) is 58.8 Å². The van der Waals surface area contributed by atoms with Crippen molar-refractivity contribution in [1.82, 2.24) is 0 Å². The molecule has 0 radical (unpaired) electrons. The Hall–Kier alpha value is -0.560. The number of aliphatic hydroxyl groups is 2. The fourth-order valence-electron chi connectivity index (χ4n) is 5.50. The minimum atomic E-state index is -1.09. The van der Waals surface area contributed by atoms with E-state index < -0.39 is 28.8 Å². The molecule has 1 saturated carbocycles. The average Bonchev–Trinajstić information content (AvgIpc) is 3.37. The van der Waals surface area contributed by atoms with Crippen LogP contribution < -0.4 is 0 Å². The number of epoxide rings is 1. The van der Waals surface area contributed by atoms with Gasteiger partial charge >= 0.3 is 0 Å². The molecule has 0 aromatic heterocycles. The van der Waals surface area contributed by atoms with Crippen LogP contribution in [0.4, 0.5) is 0 Å². The maximum absolute atomic E-state index is 12.3. The number of allylic oxidation sites excluding steroid dienone is 1. The fraction of sp³-hybridized carbons (Fsp3) is 0.667.